The van der Waals surface area contributed by atoms with Gasteiger partial charge in [-0.05, 0) is 41.2 Å². The molecule has 2 aliphatic rings. The number of aliphatic imine (C=N–C) groups is 1. The second-order valence-corrected chi connectivity index (χ2v) is 6.13. The third-order valence-electron chi connectivity index (χ3n) is 4.37. The normalized spacial score (nSPS) is 18.1. The maximum absolute atomic E-state index is 4.61. The van der Waals surface area contributed by atoms with Gasteiger partial charge in [0.2, 0.25) is 0 Å². The molecule has 0 unspecified atom stereocenters. The summed E-state index contributed by atoms with van der Waals surface area (Å²) in [7, 11) is 0. The van der Waals surface area contributed by atoms with Crippen LogP contribution in [0, 0.1) is 5.92 Å². The summed E-state index contributed by atoms with van der Waals surface area (Å²) in [5.41, 5.74) is 1.31. The van der Waals surface area contributed by atoms with E-state index in [0.717, 1.165) is 31.5 Å². The average molecular weight is 279 g/mol. The molecule has 21 heavy (non-hydrogen) atoms. The van der Waals surface area contributed by atoms with E-state index in [1.54, 1.807) is 0 Å². The summed E-state index contributed by atoms with van der Waals surface area (Å²) < 4.78 is 0. The first-order chi connectivity index (χ1) is 10.4. The molecule has 0 amide bonds. The van der Waals surface area contributed by atoms with Crippen LogP contribution in [0.3, 0.4) is 0 Å². The number of fused-ring (bicyclic) bond motifs is 1. The number of hydrogen-bond donors (Lipinski definition) is 1. The van der Waals surface area contributed by atoms with Gasteiger partial charge in [-0.15, -0.1) is 0 Å². The van der Waals surface area contributed by atoms with Gasteiger partial charge in [-0.25, -0.2) is 0 Å². The molecule has 1 heterocycles. The maximum Gasteiger partial charge on any atom is 0.194 e. The standard InChI is InChI=1S/C18H21N3/c1-2-4-17-11-15(7-8-16(17)3-1)12-20-18-19-9-10-21(18)13-14-5-6-14/h1-4,7-8,11,14H,5-6,9-10,12-13H2,(H,19,20). The number of hydrogen-bond acceptors (Lipinski definition) is 3. The van der Waals surface area contributed by atoms with Crippen LogP contribution >= 0.6 is 0 Å². The van der Waals surface area contributed by atoms with Gasteiger partial charge in [0.05, 0.1) is 6.54 Å². The molecule has 1 saturated carbocycles. The summed E-state index contributed by atoms with van der Waals surface area (Å²) in [6.07, 6.45) is 2.79. The van der Waals surface area contributed by atoms with Crippen molar-refractivity contribution < 1.29 is 0 Å². The van der Waals surface area contributed by atoms with Crippen molar-refractivity contribution in [3.8, 4) is 0 Å². The Morgan fingerprint density at radius 2 is 1.95 bits per heavy atom. The van der Waals surface area contributed by atoms with Crippen LogP contribution in [0.4, 0.5) is 0 Å². The quantitative estimate of drug-likeness (QED) is 0.931. The van der Waals surface area contributed by atoms with Crippen molar-refractivity contribution >= 4 is 16.7 Å². The van der Waals surface area contributed by atoms with E-state index in [1.807, 2.05) is 0 Å². The molecule has 108 valence electrons. The van der Waals surface area contributed by atoms with E-state index in [2.05, 4.69) is 57.7 Å². The predicted octanol–water partition coefficient (Wildman–Crippen LogP) is 3.01. The van der Waals surface area contributed by atoms with Crippen molar-refractivity contribution in [2.45, 2.75) is 19.4 Å². The van der Waals surface area contributed by atoms with E-state index in [4.69, 9.17) is 0 Å². The van der Waals surface area contributed by atoms with Gasteiger partial charge in [-0.1, -0.05) is 36.4 Å². The van der Waals surface area contributed by atoms with E-state index >= 15 is 0 Å². The van der Waals surface area contributed by atoms with Gasteiger partial charge in [-0.3, -0.25) is 4.99 Å². The summed E-state index contributed by atoms with van der Waals surface area (Å²) in [6.45, 7) is 4.05. The minimum Gasteiger partial charge on any atom is -0.352 e. The Hall–Kier alpha value is -2.03. The molecule has 0 aromatic heterocycles. The molecule has 0 atom stereocenters. The lowest BCUT2D eigenvalue weighted by molar-refractivity contribution is 0.421. The highest BCUT2D eigenvalue weighted by molar-refractivity contribution is 5.84. The SMILES string of the molecule is c1ccc2cc(CNC3=NCCN3CC3CC3)ccc2c1. The zero-order valence-corrected chi connectivity index (χ0v) is 12.3. The van der Waals surface area contributed by atoms with Crippen molar-refractivity contribution in [1.82, 2.24) is 10.2 Å². The van der Waals surface area contributed by atoms with Crippen LogP contribution in [0.5, 0.6) is 0 Å². The van der Waals surface area contributed by atoms with Crippen LogP contribution in [0.1, 0.15) is 18.4 Å². The highest BCUT2D eigenvalue weighted by Gasteiger charge is 2.27. The first-order valence-electron chi connectivity index (χ1n) is 7.89. The van der Waals surface area contributed by atoms with E-state index in [1.165, 1.54) is 35.7 Å². The lowest BCUT2D eigenvalue weighted by atomic mass is 10.1. The van der Waals surface area contributed by atoms with Crippen molar-refractivity contribution in [3.05, 3.63) is 48.0 Å². The monoisotopic (exact) mass is 279 g/mol. The lowest BCUT2D eigenvalue weighted by Gasteiger charge is -2.21. The highest BCUT2D eigenvalue weighted by atomic mass is 15.3. The average Bonchev–Trinajstić information content (AvgIpc) is 3.23. The molecule has 1 aliphatic carbocycles. The zero-order valence-electron chi connectivity index (χ0n) is 12.3. The molecule has 2 aromatic rings. The molecule has 0 saturated heterocycles. The molecule has 0 radical (unpaired) electrons. The molecule has 0 bridgehead atoms. The Morgan fingerprint density at radius 3 is 2.81 bits per heavy atom. The van der Waals surface area contributed by atoms with Gasteiger partial charge < -0.3 is 10.2 Å². The largest absolute Gasteiger partial charge is 0.352 e. The number of guanidine groups is 1. The zero-order chi connectivity index (χ0) is 14.1. The van der Waals surface area contributed by atoms with E-state index < -0.39 is 0 Å². The van der Waals surface area contributed by atoms with Crippen LogP contribution < -0.4 is 5.32 Å². The minimum atomic E-state index is 0.852. The van der Waals surface area contributed by atoms with Crippen molar-refractivity contribution in [2.75, 3.05) is 19.6 Å². The Kier molecular flexibility index (Phi) is 3.26. The summed E-state index contributed by atoms with van der Waals surface area (Å²) in [5, 5.41) is 6.13. The van der Waals surface area contributed by atoms with Gasteiger partial charge in [-0.2, -0.15) is 0 Å². The molecule has 0 spiro atoms. The summed E-state index contributed by atoms with van der Waals surface area (Å²) in [6, 6.07) is 15.2. The Balaban J connectivity index is 1.42. The molecular formula is C18H21N3. The van der Waals surface area contributed by atoms with Gasteiger partial charge in [0.1, 0.15) is 0 Å². The molecule has 1 fully saturated rings. The number of nitrogens with one attached hydrogen (secondary N) is 1. The number of nitrogens with zero attached hydrogens (tertiary/aromatic N) is 2. The number of benzene rings is 2. The van der Waals surface area contributed by atoms with Crippen LogP contribution in [0.25, 0.3) is 10.8 Å². The summed E-state index contributed by atoms with van der Waals surface area (Å²) in [4.78, 5) is 7.02. The fourth-order valence-corrected chi connectivity index (χ4v) is 2.97. The van der Waals surface area contributed by atoms with E-state index in [-0.39, 0.29) is 0 Å². The predicted molar refractivity (Wildman–Crippen MR) is 87.4 cm³/mol. The first-order valence-corrected chi connectivity index (χ1v) is 7.89. The minimum absolute atomic E-state index is 0.852. The smallest absolute Gasteiger partial charge is 0.194 e. The molecule has 3 heteroatoms. The summed E-state index contributed by atoms with van der Waals surface area (Å²) in [5.74, 6) is 2.01. The van der Waals surface area contributed by atoms with Crippen molar-refractivity contribution in [1.29, 1.82) is 0 Å². The van der Waals surface area contributed by atoms with Gasteiger partial charge in [0.15, 0.2) is 5.96 Å². The second-order valence-electron chi connectivity index (χ2n) is 6.13. The van der Waals surface area contributed by atoms with Crippen LogP contribution in [-0.2, 0) is 6.54 Å². The molecular weight excluding hydrogens is 258 g/mol. The van der Waals surface area contributed by atoms with Gasteiger partial charge >= 0.3 is 0 Å². The Bertz CT molecular complexity index is 673. The Labute approximate surface area is 125 Å². The second kappa shape index (κ2) is 5.40. The maximum atomic E-state index is 4.61. The summed E-state index contributed by atoms with van der Waals surface area (Å²) >= 11 is 0. The molecule has 2 aromatic carbocycles. The van der Waals surface area contributed by atoms with E-state index in [9.17, 15) is 0 Å². The van der Waals surface area contributed by atoms with Gasteiger partial charge in [0.25, 0.3) is 0 Å². The fourth-order valence-electron chi connectivity index (χ4n) is 2.97. The van der Waals surface area contributed by atoms with Crippen LogP contribution in [0.15, 0.2) is 47.5 Å². The van der Waals surface area contributed by atoms with Crippen molar-refractivity contribution in [3.63, 3.8) is 0 Å². The Morgan fingerprint density at radius 1 is 1.10 bits per heavy atom. The van der Waals surface area contributed by atoms with E-state index in [0.29, 0.717) is 0 Å². The molecule has 1 aliphatic heterocycles. The molecule has 4 rings (SSSR count). The van der Waals surface area contributed by atoms with Crippen molar-refractivity contribution in [2.24, 2.45) is 10.9 Å². The lowest BCUT2D eigenvalue weighted by Crippen LogP contribution is -2.39. The first kappa shape index (κ1) is 12.7. The van der Waals surface area contributed by atoms with Crippen LogP contribution in [0.2, 0.25) is 0 Å². The van der Waals surface area contributed by atoms with Crippen LogP contribution in [-0.4, -0.2) is 30.5 Å². The third kappa shape index (κ3) is 2.87. The fraction of sp³-hybridized carbons (Fsp3) is 0.389. The topological polar surface area (TPSA) is 27.6 Å². The van der Waals surface area contributed by atoms with Gasteiger partial charge in [0, 0.05) is 19.6 Å². The highest BCUT2D eigenvalue weighted by Crippen LogP contribution is 2.30. The molecule has 3 nitrogen and oxygen atoms in total. The third-order valence-corrected chi connectivity index (χ3v) is 4.37. The number of rotatable bonds is 4. The molecule has 1 N–H and O–H groups in total.